The number of fused-ring (bicyclic) bond motifs is 1. The Bertz CT molecular complexity index is 672. The zero-order valence-corrected chi connectivity index (χ0v) is 14.9. The maximum Gasteiger partial charge on any atom is 0.362 e. The van der Waals surface area contributed by atoms with Crippen LogP contribution in [-0.2, 0) is 32.7 Å². The van der Waals surface area contributed by atoms with Crippen molar-refractivity contribution in [2.75, 3.05) is 26.6 Å². The third kappa shape index (κ3) is 2.56. The molecule has 2 heterocycles. The lowest BCUT2D eigenvalue weighted by molar-refractivity contribution is -0.151. The van der Waals surface area contributed by atoms with Crippen LogP contribution < -0.4 is 5.73 Å². The number of amides is 1. The minimum atomic E-state index is -3.99. The number of hydrogen-bond donors (Lipinski definition) is 2. The SMILES string of the molecule is COP(=O)(OC)[C@]1(N)C(=O)N2C(C(=O)O)=C(COC(C)=O)CS[C@@H]21. The molecule has 134 valence electrons. The molecule has 0 unspecified atom stereocenters. The van der Waals surface area contributed by atoms with Gasteiger partial charge in [0.15, 0.2) is 0 Å². The van der Waals surface area contributed by atoms with E-state index in [1.165, 1.54) is 6.92 Å². The molecule has 0 aromatic carbocycles. The number of carbonyl (C=O) groups excluding carboxylic acids is 2. The first kappa shape index (κ1) is 18.9. The molecule has 2 rings (SSSR count). The Balaban J connectivity index is 2.41. The molecule has 2 aliphatic rings. The maximum atomic E-state index is 12.6. The van der Waals surface area contributed by atoms with Gasteiger partial charge in [0.1, 0.15) is 17.7 Å². The Morgan fingerprint density at radius 3 is 2.50 bits per heavy atom. The predicted octanol–water partition coefficient (Wildman–Crippen LogP) is -0.0558. The molecular formula is C12H17N2O8PS. The number of carbonyl (C=O) groups is 3. The fraction of sp³-hybridized carbons (Fsp3) is 0.583. The van der Waals surface area contributed by atoms with Crippen molar-refractivity contribution in [3.63, 3.8) is 0 Å². The first-order valence-electron chi connectivity index (χ1n) is 6.68. The Labute approximate surface area is 141 Å². The molecule has 1 amide bonds. The summed E-state index contributed by atoms with van der Waals surface area (Å²) in [7, 11) is -1.79. The van der Waals surface area contributed by atoms with Crippen molar-refractivity contribution in [2.45, 2.75) is 17.6 Å². The number of ether oxygens (including phenoxy) is 1. The van der Waals surface area contributed by atoms with Crippen molar-refractivity contribution in [2.24, 2.45) is 5.73 Å². The van der Waals surface area contributed by atoms with Crippen LogP contribution in [0.4, 0.5) is 0 Å². The normalized spacial score (nSPS) is 26.8. The highest BCUT2D eigenvalue weighted by Gasteiger charge is 2.72. The minimum Gasteiger partial charge on any atom is -0.477 e. The van der Waals surface area contributed by atoms with E-state index < -0.39 is 36.1 Å². The highest BCUT2D eigenvalue weighted by molar-refractivity contribution is 8.00. The third-order valence-electron chi connectivity index (χ3n) is 3.75. The van der Waals surface area contributed by atoms with Gasteiger partial charge >= 0.3 is 19.5 Å². The first-order valence-corrected chi connectivity index (χ1v) is 9.27. The first-order chi connectivity index (χ1) is 11.1. The molecule has 0 aromatic rings. The van der Waals surface area contributed by atoms with Crippen molar-refractivity contribution in [3.8, 4) is 0 Å². The molecule has 1 saturated heterocycles. The number of hydrogen-bond acceptors (Lipinski definition) is 9. The summed E-state index contributed by atoms with van der Waals surface area (Å²) in [6.07, 6.45) is 0. The van der Waals surface area contributed by atoms with Crippen LogP contribution in [0, 0.1) is 0 Å². The lowest BCUT2D eigenvalue weighted by atomic mass is 10.0. The minimum absolute atomic E-state index is 0.135. The van der Waals surface area contributed by atoms with Gasteiger partial charge in [-0.25, -0.2) is 4.79 Å². The van der Waals surface area contributed by atoms with Gasteiger partial charge in [-0.3, -0.25) is 19.1 Å². The standard InChI is InChI=1S/C12H17N2O8PS/c1-6(15)22-4-7-5-24-11-12(13,23(19,20-2)21-3)10(18)14(11)8(7)9(16)17/h11H,4-5,13H2,1-3H3,(H,16,17)/t11-,12-/m1/s1. The van der Waals surface area contributed by atoms with Gasteiger partial charge in [-0.15, -0.1) is 11.8 Å². The molecule has 2 aliphatic heterocycles. The summed E-state index contributed by atoms with van der Waals surface area (Å²) < 4.78 is 27.1. The van der Waals surface area contributed by atoms with Gasteiger partial charge in [0.25, 0.3) is 5.91 Å². The van der Waals surface area contributed by atoms with E-state index in [2.05, 4.69) is 0 Å². The van der Waals surface area contributed by atoms with E-state index in [0.717, 1.165) is 30.9 Å². The quantitative estimate of drug-likeness (QED) is 0.365. The average molecular weight is 380 g/mol. The molecule has 0 aliphatic carbocycles. The number of thioether (sulfide) groups is 1. The van der Waals surface area contributed by atoms with Gasteiger partial charge in [-0.1, -0.05) is 0 Å². The number of esters is 1. The molecule has 2 atom stereocenters. The van der Waals surface area contributed by atoms with E-state index in [1.54, 1.807) is 0 Å². The van der Waals surface area contributed by atoms with Crippen LogP contribution in [0.25, 0.3) is 0 Å². The Morgan fingerprint density at radius 1 is 1.46 bits per heavy atom. The second kappa shape index (κ2) is 6.49. The molecule has 24 heavy (non-hydrogen) atoms. The predicted molar refractivity (Wildman–Crippen MR) is 82.9 cm³/mol. The van der Waals surface area contributed by atoms with Crippen molar-refractivity contribution in [3.05, 3.63) is 11.3 Å². The van der Waals surface area contributed by atoms with Gasteiger partial charge in [0, 0.05) is 32.5 Å². The topological polar surface area (TPSA) is 145 Å². The highest BCUT2D eigenvalue weighted by atomic mass is 32.2. The fourth-order valence-electron chi connectivity index (χ4n) is 2.56. The van der Waals surface area contributed by atoms with Crippen molar-refractivity contribution in [1.82, 2.24) is 4.90 Å². The number of rotatable bonds is 6. The smallest absolute Gasteiger partial charge is 0.362 e. The zero-order valence-electron chi connectivity index (χ0n) is 13.2. The van der Waals surface area contributed by atoms with Crippen molar-refractivity contribution in [1.29, 1.82) is 0 Å². The van der Waals surface area contributed by atoms with Crippen LogP contribution in [0.5, 0.6) is 0 Å². The van der Waals surface area contributed by atoms with Gasteiger partial charge < -0.3 is 24.6 Å². The summed E-state index contributed by atoms with van der Waals surface area (Å²) >= 11 is 1.10. The summed E-state index contributed by atoms with van der Waals surface area (Å²) in [6.45, 7) is 0.928. The van der Waals surface area contributed by atoms with Crippen LogP contribution in [0.15, 0.2) is 11.3 Å². The molecule has 0 bridgehead atoms. The maximum absolute atomic E-state index is 12.6. The van der Waals surface area contributed by atoms with Gasteiger partial charge in [0.05, 0.1) is 0 Å². The highest BCUT2D eigenvalue weighted by Crippen LogP contribution is 2.66. The van der Waals surface area contributed by atoms with E-state index in [1.807, 2.05) is 0 Å². The number of aliphatic carboxylic acids is 1. The second-order valence-electron chi connectivity index (χ2n) is 5.06. The molecule has 0 spiro atoms. The van der Waals surface area contributed by atoms with Crippen molar-refractivity contribution < 1.29 is 37.8 Å². The fourth-order valence-corrected chi connectivity index (χ4v) is 5.93. The van der Waals surface area contributed by atoms with Crippen LogP contribution in [-0.4, -0.2) is 65.1 Å². The second-order valence-corrected chi connectivity index (χ2v) is 8.60. The molecule has 3 N–H and O–H groups in total. The number of nitrogens with zero attached hydrogens (tertiary/aromatic N) is 1. The van der Waals surface area contributed by atoms with Crippen LogP contribution >= 0.6 is 19.4 Å². The lowest BCUT2D eigenvalue weighted by Crippen LogP contribution is -2.77. The number of nitrogens with two attached hydrogens (primary N) is 1. The Kier molecular flexibility index (Phi) is 5.12. The summed E-state index contributed by atoms with van der Waals surface area (Å²) in [6, 6.07) is 0. The van der Waals surface area contributed by atoms with E-state index in [4.69, 9.17) is 19.5 Å². The summed E-state index contributed by atoms with van der Waals surface area (Å²) in [5, 5.41) is 6.52. The molecule has 12 heteroatoms. The molecule has 0 saturated carbocycles. The van der Waals surface area contributed by atoms with Gasteiger partial charge in [0.2, 0.25) is 5.28 Å². The summed E-state index contributed by atoms with van der Waals surface area (Å²) in [4.78, 5) is 36.0. The monoisotopic (exact) mass is 380 g/mol. The van der Waals surface area contributed by atoms with E-state index >= 15 is 0 Å². The van der Waals surface area contributed by atoms with Gasteiger partial charge in [-0.2, -0.15) is 0 Å². The lowest BCUT2D eigenvalue weighted by Gasteiger charge is -2.55. The average Bonchev–Trinajstić information content (AvgIpc) is 2.56. The Hall–Kier alpha value is -1.39. The summed E-state index contributed by atoms with van der Waals surface area (Å²) in [5.41, 5.74) is 5.92. The molecule has 0 aromatic heterocycles. The number of β-lactam (4-membered cyclic amide) rings is 1. The Morgan fingerprint density at radius 2 is 2.04 bits per heavy atom. The van der Waals surface area contributed by atoms with Crippen LogP contribution in [0.1, 0.15) is 6.92 Å². The van der Waals surface area contributed by atoms with Crippen LogP contribution in [0.2, 0.25) is 0 Å². The van der Waals surface area contributed by atoms with Gasteiger partial charge in [-0.05, 0) is 0 Å². The molecule has 0 radical (unpaired) electrons. The van der Waals surface area contributed by atoms with Crippen molar-refractivity contribution >= 4 is 37.2 Å². The largest absolute Gasteiger partial charge is 0.477 e. The zero-order chi connectivity index (χ0) is 18.3. The molecule has 10 nitrogen and oxygen atoms in total. The van der Waals surface area contributed by atoms with Crippen LogP contribution in [0.3, 0.4) is 0 Å². The van der Waals surface area contributed by atoms with E-state index in [9.17, 15) is 24.1 Å². The third-order valence-corrected chi connectivity index (χ3v) is 7.64. The number of carboxylic acids is 1. The van der Waals surface area contributed by atoms with E-state index in [-0.39, 0.29) is 23.6 Å². The molecule has 1 fully saturated rings. The van der Waals surface area contributed by atoms with E-state index in [0.29, 0.717) is 0 Å². The number of carboxylic acid groups (broad SMARTS) is 1. The molecular weight excluding hydrogens is 363 g/mol. The summed E-state index contributed by atoms with van der Waals surface area (Å²) in [5.74, 6) is -2.70.